The quantitative estimate of drug-likeness (QED) is 0.891. The average molecular weight is 357 g/mol. The van der Waals surface area contributed by atoms with Crippen LogP contribution >= 0.6 is 27.5 Å². The van der Waals surface area contributed by atoms with E-state index in [2.05, 4.69) is 33.2 Å². The number of nitrogens with zero attached hydrogens (tertiary/aromatic N) is 2. The summed E-state index contributed by atoms with van der Waals surface area (Å²) in [6.45, 7) is 3.29. The zero-order valence-corrected chi connectivity index (χ0v) is 13.4. The number of pyridine rings is 2. The first-order valence-corrected chi connectivity index (χ1v) is 7.52. The highest BCUT2D eigenvalue weighted by Gasteiger charge is 2.06. The molecule has 0 unspecified atom stereocenters. The van der Waals surface area contributed by atoms with Gasteiger partial charge in [0.1, 0.15) is 5.82 Å². The molecule has 2 aromatic heterocycles. The van der Waals surface area contributed by atoms with E-state index in [1.807, 2.05) is 6.07 Å². The fourth-order valence-corrected chi connectivity index (χ4v) is 2.28. The molecule has 0 saturated carbocycles. The second-order valence-corrected chi connectivity index (χ2v) is 5.69. The first-order chi connectivity index (χ1) is 9.60. The zero-order chi connectivity index (χ0) is 14.5. The normalized spacial score (nSPS) is 10.6. The summed E-state index contributed by atoms with van der Waals surface area (Å²) in [6.07, 6.45) is 2.75. The van der Waals surface area contributed by atoms with Gasteiger partial charge in [-0.3, -0.25) is 4.79 Å². The van der Waals surface area contributed by atoms with E-state index in [1.54, 1.807) is 22.9 Å². The second kappa shape index (κ2) is 6.90. The molecule has 106 valence electrons. The van der Waals surface area contributed by atoms with E-state index in [0.717, 1.165) is 23.3 Å². The Morgan fingerprint density at radius 3 is 2.90 bits per heavy atom. The number of halogens is 2. The van der Waals surface area contributed by atoms with Gasteiger partial charge in [-0.1, -0.05) is 18.5 Å². The maximum atomic E-state index is 11.8. The van der Waals surface area contributed by atoms with Crippen LogP contribution in [-0.2, 0) is 6.54 Å². The topological polar surface area (TPSA) is 46.9 Å². The summed E-state index contributed by atoms with van der Waals surface area (Å²) in [7, 11) is 0. The summed E-state index contributed by atoms with van der Waals surface area (Å²) >= 11 is 9.51. The SMILES string of the molecule is CCCNc1ccc(Cl)c(Cn2cc(Br)ccc2=O)n1. The zero-order valence-electron chi connectivity index (χ0n) is 11.1. The molecule has 1 N–H and O–H groups in total. The van der Waals surface area contributed by atoms with Crippen LogP contribution in [0.1, 0.15) is 19.0 Å². The van der Waals surface area contributed by atoms with Crippen molar-refractivity contribution in [2.45, 2.75) is 19.9 Å². The Morgan fingerprint density at radius 1 is 1.35 bits per heavy atom. The number of hydrogen-bond donors (Lipinski definition) is 1. The van der Waals surface area contributed by atoms with Crippen molar-refractivity contribution in [2.24, 2.45) is 0 Å². The third-order valence-electron chi connectivity index (χ3n) is 2.74. The minimum absolute atomic E-state index is 0.0852. The lowest BCUT2D eigenvalue weighted by molar-refractivity contribution is 0.737. The first-order valence-electron chi connectivity index (χ1n) is 6.35. The van der Waals surface area contributed by atoms with Gasteiger partial charge in [0.05, 0.1) is 17.3 Å². The van der Waals surface area contributed by atoms with E-state index in [1.165, 1.54) is 6.07 Å². The Balaban J connectivity index is 2.28. The van der Waals surface area contributed by atoms with Crippen LogP contribution in [0.3, 0.4) is 0 Å². The summed E-state index contributed by atoms with van der Waals surface area (Å²) in [5, 5.41) is 3.76. The molecule has 2 heterocycles. The molecular weight excluding hydrogens is 342 g/mol. The largest absolute Gasteiger partial charge is 0.370 e. The molecule has 4 nitrogen and oxygen atoms in total. The number of aromatic nitrogens is 2. The molecule has 0 bridgehead atoms. The van der Waals surface area contributed by atoms with Gasteiger partial charge in [0.2, 0.25) is 0 Å². The molecule has 2 aromatic rings. The van der Waals surface area contributed by atoms with Gasteiger partial charge >= 0.3 is 0 Å². The van der Waals surface area contributed by atoms with E-state index in [-0.39, 0.29) is 5.56 Å². The number of rotatable bonds is 5. The van der Waals surface area contributed by atoms with Crippen molar-refractivity contribution in [3.63, 3.8) is 0 Å². The predicted octanol–water partition coefficient (Wildman–Crippen LogP) is 3.53. The summed E-state index contributed by atoms with van der Waals surface area (Å²) in [5.41, 5.74) is 0.589. The summed E-state index contributed by atoms with van der Waals surface area (Å²) in [4.78, 5) is 16.3. The van der Waals surface area contributed by atoms with Crippen LogP contribution < -0.4 is 10.9 Å². The van der Waals surface area contributed by atoms with Crippen LogP contribution in [0.25, 0.3) is 0 Å². The number of hydrogen-bond acceptors (Lipinski definition) is 3. The van der Waals surface area contributed by atoms with Gasteiger partial charge < -0.3 is 9.88 Å². The van der Waals surface area contributed by atoms with E-state index < -0.39 is 0 Å². The molecule has 2 rings (SSSR count). The summed E-state index contributed by atoms with van der Waals surface area (Å²) in [6, 6.07) is 6.86. The van der Waals surface area contributed by atoms with Gasteiger partial charge in [0.15, 0.2) is 0 Å². The lowest BCUT2D eigenvalue weighted by atomic mass is 10.3. The molecule has 0 aromatic carbocycles. The molecule has 0 radical (unpaired) electrons. The molecular formula is C14H15BrClN3O. The minimum atomic E-state index is -0.0852. The van der Waals surface area contributed by atoms with Crippen molar-refractivity contribution in [1.82, 2.24) is 9.55 Å². The molecule has 0 amide bonds. The molecule has 0 aliphatic heterocycles. The highest BCUT2D eigenvalue weighted by atomic mass is 79.9. The smallest absolute Gasteiger partial charge is 0.250 e. The van der Waals surface area contributed by atoms with E-state index in [4.69, 9.17) is 11.6 Å². The lowest BCUT2D eigenvalue weighted by Gasteiger charge is -2.10. The maximum absolute atomic E-state index is 11.8. The molecule has 0 atom stereocenters. The highest BCUT2D eigenvalue weighted by molar-refractivity contribution is 9.10. The van der Waals surface area contributed by atoms with Crippen LogP contribution in [0, 0.1) is 0 Å². The van der Waals surface area contributed by atoms with Gasteiger partial charge in [-0.2, -0.15) is 0 Å². The third-order valence-corrected chi connectivity index (χ3v) is 3.56. The maximum Gasteiger partial charge on any atom is 0.250 e. The van der Waals surface area contributed by atoms with Crippen LogP contribution in [0.4, 0.5) is 5.82 Å². The Labute approximate surface area is 130 Å². The predicted molar refractivity (Wildman–Crippen MR) is 85.5 cm³/mol. The van der Waals surface area contributed by atoms with E-state index >= 15 is 0 Å². The highest BCUT2D eigenvalue weighted by Crippen LogP contribution is 2.18. The van der Waals surface area contributed by atoms with Crippen LogP contribution in [0.5, 0.6) is 0 Å². The van der Waals surface area contributed by atoms with Gasteiger partial charge in [-0.05, 0) is 40.5 Å². The average Bonchev–Trinajstić information content (AvgIpc) is 2.43. The third kappa shape index (κ3) is 3.84. The van der Waals surface area contributed by atoms with Crippen molar-refractivity contribution in [3.05, 3.63) is 56.0 Å². The monoisotopic (exact) mass is 355 g/mol. The summed E-state index contributed by atoms with van der Waals surface area (Å²) in [5.74, 6) is 0.772. The Kier molecular flexibility index (Phi) is 5.20. The molecule has 0 aliphatic carbocycles. The lowest BCUT2D eigenvalue weighted by Crippen LogP contribution is -2.19. The Morgan fingerprint density at radius 2 is 2.15 bits per heavy atom. The Bertz CT molecular complexity index is 657. The second-order valence-electron chi connectivity index (χ2n) is 4.37. The minimum Gasteiger partial charge on any atom is -0.370 e. The fraction of sp³-hybridized carbons (Fsp3) is 0.286. The van der Waals surface area contributed by atoms with Crippen LogP contribution in [-0.4, -0.2) is 16.1 Å². The number of nitrogens with one attached hydrogen (secondary N) is 1. The van der Waals surface area contributed by atoms with Gasteiger partial charge in [0, 0.05) is 23.3 Å². The molecule has 0 fully saturated rings. The summed E-state index contributed by atoms with van der Waals surface area (Å²) < 4.78 is 2.41. The first kappa shape index (κ1) is 15.1. The van der Waals surface area contributed by atoms with Crippen molar-refractivity contribution in [3.8, 4) is 0 Å². The fourth-order valence-electron chi connectivity index (χ4n) is 1.73. The van der Waals surface area contributed by atoms with E-state index in [0.29, 0.717) is 17.3 Å². The van der Waals surface area contributed by atoms with Gasteiger partial charge in [-0.25, -0.2) is 4.98 Å². The van der Waals surface area contributed by atoms with Crippen molar-refractivity contribution < 1.29 is 0 Å². The van der Waals surface area contributed by atoms with Crippen molar-refractivity contribution in [1.29, 1.82) is 0 Å². The van der Waals surface area contributed by atoms with E-state index in [9.17, 15) is 4.79 Å². The van der Waals surface area contributed by atoms with Crippen LogP contribution in [0.2, 0.25) is 5.02 Å². The molecule has 20 heavy (non-hydrogen) atoms. The molecule has 0 spiro atoms. The molecule has 6 heteroatoms. The number of anilines is 1. The molecule has 0 saturated heterocycles. The van der Waals surface area contributed by atoms with Crippen LogP contribution in [0.15, 0.2) is 39.7 Å². The Hall–Kier alpha value is -1.33. The standard InChI is InChI=1S/C14H15BrClN3O/c1-2-7-17-13-5-4-11(16)12(18-13)9-19-8-10(15)3-6-14(19)20/h3-6,8H,2,7,9H2,1H3,(H,17,18). The van der Waals surface area contributed by atoms with Gasteiger partial charge in [0.25, 0.3) is 5.56 Å². The van der Waals surface area contributed by atoms with Crippen molar-refractivity contribution in [2.75, 3.05) is 11.9 Å². The van der Waals surface area contributed by atoms with Crippen molar-refractivity contribution >= 4 is 33.3 Å². The van der Waals surface area contributed by atoms with Gasteiger partial charge in [-0.15, -0.1) is 0 Å². The molecule has 0 aliphatic rings.